The van der Waals surface area contributed by atoms with Crippen molar-refractivity contribution in [2.24, 2.45) is 0 Å². The van der Waals surface area contributed by atoms with Crippen molar-refractivity contribution in [3.63, 3.8) is 0 Å². The maximum Gasteiger partial charge on any atom is 0.271 e. The van der Waals surface area contributed by atoms with Crippen LogP contribution < -0.4 is 14.4 Å². The molecule has 0 fully saturated rings. The third-order valence-electron chi connectivity index (χ3n) is 4.01. The maximum absolute atomic E-state index is 12.6. The monoisotopic (exact) mass is 391 g/mol. The summed E-state index contributed by atoms with van der Waals surface area (Å²) < 4.78 is 31.1. The lowest BCUT2D eigenvalue weighted by atomic mass is 10.2. The largest absolute Gasteiger partial charge is 0.478 e. The van der Waals surface area contributed by atoms with Gasteiger partial charge in [0.15, 0.2) is 6.10 Å². The number of fused-ring (bicyclic) bond motifs is 1. The highest BCUT2D eigenvalue weighted by atomic mass is 32.2. The number of rotatable bonds is 4. The molecule has 0 spiro atoms. The number of ether oxygens (including phenoxy) is 1. The van der Waals surface area contributed by atoms with Crippen LogP contribution in [0.4, 0.5) is 17.1 Å². The highest BCUT2D eigenvalue weighted by Crippen LogP contribution is 2.34. The Bertz CT molecular complexity index is 992. The molecule has 9 nitrogen and oxygen atoms in total. The number of anilines is 2. The lowest BCUT2D eigenvalue weighted by Gasteiger charge is -2.20. The number of nitrogens with zero attached hydrogens (tertiary/aromatic N) is 2. The summed E-state index contributed by atoms with van der Waals surface area (Å²) in [6.45, 7) is 0.0723. The normalized spacial score (nSPS) is 16.6. The highest BCUT2D eigenvalue weighted by molar-refractivity contribution is 7.92. The SMILES string of the molecule is CS(=O)(=O)N1CC[C@H](C(=O)Nc2cccc([N+](=O)[O-])c2)Oc2ccccc21. The van der Waals surface area contributed by atoms with E-state index in [4.69, 9.17) is 4.74 Å². The lowest BCUT2D eigenvalue weighted by Crippen LogP contribution is -2.35. The van der Waals surface area contributed by atoms with Crippen LogP contribution in [0.2, 0.25) is 0 Å². The Morgan fingerprint density at radius 3 is 2.70 bits per heavy atom. The number of carbonyl (C=O) groups excluding carboxylic acids is 1. The molecule has 1 atom stereocenters. The minimum absolute atomic E-state index is 0.0723. The van der Waals surface area contributed by atoms with Crippen molar-refractivity contribution < 1.29 is 22.9 Å². The summed E-state index contributed by atoms with van der Waals surface area (Å²) in [7, 11) is -3.54. The van der Waals surface area contributed by atoms with E-state index in [1.807, 2.05) is 0 Å². The van der Waals surface area contributed by atoms with Gasteiger partial charge < -0.3 is 10.1 Å². The number of nitro benzene ring substituents is 1. The molecule has 1 amide bonds. The van der Waals surface area contributed by atoms with Gasteiger partial charge >= 0.3 is 0 Å². The molecule has 1 aliphatic heterocycles. The lowest BCUT2D eigenvalue weighted by molar-refractivity contribution is -0.384. The average molecular weight is 391 g/mol. The van der Waals surface area contributed by atoms with E-state index in [-0.39, 0.29) is 30.1 Å². The second-order valence-electron chi connectivity index (χ2n) is 5.99. The second kappa shape index (κ2) is 7.23. The molecule has 27 heavy (non-hydrogen) atoms. The number of amides is 1. The van der Waals surface area contributed by atoms with Gasteiger partial charge in [0.2, 0.25) is 10.0 Å². The van der Waals surface area contributed by atoms with Gasteiger partial charge in [0.1, 0.15) is 5.75 Å². The van der Waals surface area contributed by atoms with Crippen molar-refractivity contribution in [3.05, 3.63) is 58.6 Å². The molecule has 2 aromatic rings. The summed E-state index contributed by atoms with van der Waals surface area (Å²) in [5.41, 5.74) is 0.476. The molecule has 2 aromatic carbocycles. The Balaban J connectivity index is 1.83. The molecule has 3 rings (SSSR count). The van der Waals surface area contributed by atoms with Crippen LogP contribution >= 0.6 is 0 Å². The van der Waals surface area contributed by atoms with Gasteiger partial charge in [-0.25, -0.2) is 8.42 Å². The minimum Gasteiger partial charge on any atom is -0.478 e. The standard InChI is InChI=1S/C17H17N3O6S/c1-27(24,25)19-10-9-16(26-15-8-3-2-7-14(15)19)17(21)18-12-5-4-6-13(11-12)20(22)23/h2-8,11,16H,9-10H2,1H3,(H,18,21)/t16-/m1/s1. The first-order chi connectivity index (χ1) is 12.8. The van der Waals surface area contributed by atoms with Gasteiger partial charge in [-0.1, -0.05) is 18.2 Å². The maximum atomic E-state index is 12.6. The summed E-state index contributed by atoms with van der Waals surface area (Å²) in [5.74, 6) is -0.236. The first-order valence-corrected chi connectivity index (χ1v) is 9.89. The van der Waals surface area contributed by atoms with Gasteiger partial charge in [0, 0.05) is 30.8 Å². The Morgan fingerprint density at radius 2 is 2.00 bits per heavy atom. The summed E-state index contributed by atoms with van der Waals surface area (Å²) in [4.78, 5) is 22.9. The molecule has 0 unspecified atom stereocenters. The molecular weight excluding hydrogens is 374 g/mol. The fourth-order valence-electron chi connectivity index (χ4n) is 2.78. The number of sulfonamides is 1. The van der Waals surface area contributed by atoms with Crippen LogP contribution in [-0.2, 0) is 14.8 Å². The molecule has 0 bridgehead atoms. The molecule has 0 saturated heterocycles. The number of nitro groups is 1. The molecule has 0 aromatic heterocycles. The topological polar surface area (TPSA) is 119 Å². The smallest absolute Gasteiger partial charge is 0.271 e. The number of benzene rings is 2. The number of carbonyl (C=O) groups is 1. The van der Waals surface area contributed by atoms with Gasteiger partial charge in [0.05, 0.1) is 16.9 Å². The number of hydrogen-bond donors (Lipinski definition) is 1. The van der Waals surface area contributed by atoms with Crippen LogP contribution in [0.1, 0.15) is 6.42 Å². The quantitative estimate of drug-likeness (QED) is 0.630. The van der Waals surface area contributed by atoms with E-state index >= 15 is 0 Å². The predicted molar refractivity (Wildman–Crippen MR) is 99.4 cm³/mol. The number of para-hydroxylation sites is 2. The van der Waals surface area contributed by atoms with E-state index in [1.54, 1.807) is 24.3 Å². The molecule has 0 aliphatic carbocycles. The van der Waals surface area contributed by atoms with Crippen LogP contribution in [0.5, 0.6) is 5.75 Å². The third-order valence-corrected chi connectivity index (χ3v) is 5.19. The molecule has 1 aliphatic rings. The zero-order valence-electron chi connectivity index (χ0n) is 14.4. The Morgan fingerprint density at radius 1 is 1.26 bits per heavy atom. The van der Waals surface area contributed by atoms with E-state index in [0.717, 1.165) is 6.26 Å². The van der Waals surface area contributed by atoms with Crippen LogP contribution in [0.15, 0.2) is 48.5 Å². The fraction of sp³-hybridized carbons (Fsp3) is 0.235. The Hall–Kier alpha value is -3.14. The predicted octanol–water partition coefficient (Wildman–Crippen LogP) is 2.15. The van der Waals surface area contributed by atoms with E-state index in [0.29, 0.717) is 5.69 Å². The number of hydrogen-bond acceptors (Lipinski definition) is 6. The van der Waals surface area contributed by atoms with Crippen molar-refractivity contribution in [3.8, 4) is 5.75 Å². The van der Waals surface area contributed by atoms with E-state index in [2.05, 4.69) is 5.32 Å². The van der Waals surface area contributed by atoms with E-state index < -0.39 is 27.0 Å². The van der Waals surface area contributed by atoms with E-state index in [9.17, 15) is 23.3 Å². The van der Waals surface area contributed by atoms with Gasteiger partial charge in [-0.05, 0) is 18.2 Å². The molecule has 0 saturated carbocycles. The number of non-ortho nitro benzene ring substituents is 1. The summed E-state index contributed by atoms with van der Waals surface area (Å²) >= 11 is 0. The molecule has 1 heterocycles. The number of nitrogens with one attached hydrogen (secondary N) is 1. The summed E-state index contributed by atoms with van der Waals surface area (Å²) in [6.07, 6.45) is 0.271. The van der Waals surface area contributed by atoms with Crippen LogP contribution in [0.3, 0.4) is 0 Å². The summed E-state index contributed by atoms with van der Waals surface area (Å²) in [5, 5.41) is 13.4. The fourth-order valence-corrected chi connectivity index (χ4v) is 3.72. The average Bonchev–Trinajstić information content (AvgIpc) is 2.81. The van der Waals surface area contributed by atoms with Crippen molar-refractivity contribution in [2.75, 3.05) is 22.4 Å². The zero-order chi connectivity index (χ0) is 19.6. The van der Waals surface area contributed by atoms with Crippen molar-refractivity contribution >= 4 is 33.0 Å². The van der Waals surface area contributed by atoms with Gasteiger partial charge in [0.25, 0.3) is 11.6 Å². The van der Waals surface area contributed by atoms with Crippen LogP contribution in [-0.4, -0.2) is 38.2 Å². The molecule has 0 radical (unpaired) electrons. The first kappa shape index (κ1) is 18.6. The van der Waals surface area contributed by atoms with Crippen LogP contribution in [0, 0.1) is 10.1 Å². The van der Waals surface area contributed by atoms with Gasteiger partial charge in [-0.15, -0.1) is 0 Å². The minimum atomic E-state index is -3.54. The van der Waals surface area contributed by atoms with Gasteiger partial charge in [-0.3, -0.25) is 19.2 Å². The second-order valence-corrected chi connectivity index (χ2v) is 7.90. The van der Waals surface area contributed by atoms with Crippen LogP contribution in [0.25, 0.3) is 0 Å². The third kappa shape index (κ3) is 4.17. The van der Waals surface area contributed by atoms with Crippen molar-refractivity contribution in [2.45, 2.75) is 12.5 Å². The first-order valence-electron chi connectivity index (χ1n) is 8.04. The zero-order valence-corrected chi connectivity index (χ0v) is 15.2. The Labute approximate surface area is 155 Å². The van der Waals surface area contributed by atoms with Gasteiger partial charge in [-0.2, -0.15) is 0 Å². The van der Waals surface area contributed by atoms with E-state index in [1.165, 1.54) is 28.6 Å². The summed E-state index contributed by atoms with van der Waals surface area (Å²) in [6, 6.07) is 12.1. The Kier molecular flexibility index (Phi) is 5.00. The molecule has 10 heteroatoms. The van der Waals surface area contributed by atoms with Crippen molar-refractivity contribution in [1.29, 1.82) is 0 Å². The molecular formula is C17H17N3O6S. The van der Waals surface area contributed by atoms with Crippen molar-refractivity contribution in [1.82, 2.24) is 0 Å². The molecule has 142 valence electrons. The molecule has 1 N–H and O–H groups in total. The highest BCUT2D eigenvalue weighted by Gasteiger charge is 2.31.